The van der Waals surface area contributed by atoms with Crippen LogP contribution in [0.5, 0.6) is 0 Å². The third-order valence-corrected chi connectivity index (χ3v) is 2.44. The largest absolute Gasteiger partial charge is 0.143 e. The average Bonchev–Trinajstić information content (AvgIpc) is 2.04. The maximum Gasteiger partial charge on any atom is 0.0412 e. The molecule has 0 fully saturated rings. The molecule has 2 aromatic rings. The summed E-state index contributed by atoms with van der Waals surface area (Å²) in [4.78, 5) is 0.990. The number of fused-ring (bicyclic) bond motifs is 1. The van der Waals surface area contributed by atoms with Crippen molar-refractivity contribution in [3.63, 3.8) is 0 Å². The van der Waals surface area contributed by atoms with Crippen LogP contribution in [-0.4, -0.2) is 0 Å². The van der Waals surface area contributed by atoms with Gasteiger partial charge in [-0.2, -0.15) is 0 Å². The monoisotopic (exact) mass is 194 g/mol. The van der Waals surface area contributed by atoms with Crippen molar-refractivity contribution in [1.82, 2.24) is 0 Å². The third-order valence-electron chi connectivity index (χ3n) is 1.82. The Morgan fingerprint density at radius 2 is 1.92 bits per heavy atom. The molecule has 0 N–H and O–H groups in total. The van der Waals surface area contributed by atoms with Crippen LogP contribution in [0.15, 0.2) is 41.3 Å². The Hall–Kier alpha value is -0.660. The third kappa shape index (κ3) is 1.30. The van der Waals surface area contributed by atoms with Gasteiger partial charge in [-0.1, -0.05) is 29.8 Å². The lowest BCUT2D eigenvalue weighted by Crippen LogP contribution is -1.73. The molecule has 0 radical (unpaired) electrons. The van der Waals surface area contributed by atoms with E-state index in [9.17, 15) is 0 Å². The number of hydrogen-bond donors (Lipinski definition) is 1. The first-order chi connectivity index (χ1) is 5.77. The van der Waals surface area contributed by atoms with Crippen molar-refractivity contribution in [2.45, 2.75) is 4.90 Å². The summed E-state index contributed by atoms with van der Waals surface area (Å²) in [6.45, 7) is 0. The predicted molar refractivity (Wildman–Crippen MR) is 56.2 cm³/mol. The van der Waals surface area contributed by atoms with Gasteiger partial charge in [0.25, 0.3) is 0 Å². The molecule has 0 atom stereocenters. The average molecular weight is 195 g/mol. The fourth-order valence-corrected chi connectivity index (χ4v) is 1.71. The van der Waals surface area contributed by atoms with Crippen molar-refractivity contribution in [1.29, 1.82) is 0 Å². The summed E-state index contributed by atoms with van der Waals surface area (Å²) in [5.41, 5.74) is 0. The lowest BCUT2D eigenvalue weighted by molar-refractivity contribution is 1.56. The van der Waals surface area contributed by atoms with E-state index in [4.69, 9.17) is 11.6 Å². The van der Waals surface area contributed by atoms with Gasteiger partial charge >= 0.3 is 0 Å². The minimum Gasteiger partial charge on any atom is -0.143 e. The van der Waals surface area contributed by atoms with E-state index in [0.717, 1.165) is 20.7 Å². The highest BCUT2D eigenvalue weighted by molar-refractivity contribution is 7.80. The molecule has 0 aliphatic carbocycles. The van der Waals surface area contributed by atoms with E-state index < -0.39 is 0 Å². The molecule has 60 valence electrons. The fourth-order valence-electron chi connectivity index (χ4n) is 1.24. The molecule has 0 nitrogen and oxygen atoms in total. The molecule has 0 spiro atoms. The van der Waals surface area contributed by atoms with Crippen molar-refractivity contribution in [2.24, 2.45) is 0 Å². The van der Waals surface area contributed by atoms with Crippen molar-refractivity contribution >= 4 is 35.0 Å². The van der Waals surface area contributed by atoms with Crippen LogP contribution in [-0.2, 0) is 0 Å². The molecule has 0 unspecified atom stereocenters. The van der Waals surface area contributed by atoms with Gasteiger partial charge in [0.05, 0.1) is 0 Å². The summed E-state index contributed by atoms with van der Waals surface area (Å²) >= 11 is 10.2. The molecule has 2 heteroatoms. The zero-order valence-corrected chi connectivity index (χ0v) is 7.94. The van der Waals surface area contributed by atoms with Gasteiger partial charge in [-0.25, -0.2) is 0 Å². The zero-order chi connectivity index (χ0) is 8.55. The number of halogens is 1. The highest BCUT2D eigenvalue weighted by Crippen LogP contribution is 2.24. The molecule has 0 heterocycles. The molecule has 2 rings (SSSR count). The van der Waals surface area contributed by atoms with Gasteiger partial charge < -0.3 is 0 Å². The van der Waals surface area contributed by atoms with E-state index in [-0.39, 0.29) is 0 Å². The molecule has 0 bridgehead atoms. The predicted octanol–water partition coefficient (Wildman–Crippen LogP) is 3.78. The van der Waals surface area contributed by atoms with Crippen LogP contribution in [0.4, 0.5) is 0 Å². The first-order valence-electron chi connectivity index (χ1n) is 3.64. The second-order valence-corrected chi connectivity index (χ2v) is 3.56. The minimum absolute atomic E-state index is 0.765. The molecule has 0 saturated heterocycles. The van der Waals surface area contributed by atoms with Gasteiger partial charge in [-0.15, -0.1) is 12.6 Å². The number of benzene rings is 2. The van der Waals surface area contributed by atoms with Crippen molar-refractivity contribution in [3.8, 4) is 0 Å². The summed E-state index contributed by atoms with van der Waals surface area (Å²) in [7, 11) is 0. The van der Waals surface area contributed by atoms with Crippen molar-refractivity contribution < 1.29 is 0 Å². The van der Waals surface area contributed by atoms with Crippen LogP contribution in [0.3, 0.4) is 0 Å². The van der Waals surface area contributed by atoms with Crippen LogP contribution in [0.2, 0.25) is 5.02 Å². The van der Waals surface area contributed by atoms with Gasteiger partial charge in [-0.05, 0) is 29.0 Å². The summed E-state index contributed by atoms with van der Waals surface area (Å²) in [5.74, 6) is 0. The second-order valence-electron chi connectivity index (χ2n) is 2.64. The SMILES string of the molecule is Sc1cccc2cc(Cl)ccc12. The molecular formula is C10H7ClS. The standard InChI is InChI=1S/C10H7ClS/c11-8-4-5-9-7(6-8)2-1-3-10(9)12/h1-6,12H. The van der Waals surface area contributed by atoms with Gasteiger partial charge in [0.15, 0.2) is 0 Å². The van der Waals surface area contributed by atoms with Crippen LogP contribution < -0.4 is 0 Å². The summed E-state index contributed by atoms with van der Waals surface area (Å²) in [6, 6.07) is 11.8. The Kier molecular flexibility index (Phi) is 1.99. The Bertz CT molecular complexity index is 423. The van der Waals surface area contributed by atoms with Gasteiger partial charge in [0.1, 0.15) is 0 Å². The normalized spacial score (nSPS) is 10.5. The Balaban J connectivity index is 2.86. The lowest BCUT2D eigenvalue weighted by atomic mass is 10.1. The lowest BCUT2D eigenvalue weighted by Gasteiger charge is -2.00. The molecular weight excluding hydrogens is 188 g/mol. The summed E-state index contributed by atoms with van der Waals surface area (Å²) in [5, 5.41) is 3.04. The Labute approximate surface area is 81.6 Å². The van der Waals surface area contributed by atoms with Crippen molar-refractivity contribution in [2.75, 3.05) is 0 Å². The van der Waals surface area contributed by atoms with E-state index >= 15 is 0 Å². The second kappa shape index (κ2) is 3.00. The molecule has 0 aliphatic rings. The van der Waals surface area contributed by atoms with Crippen LogP contribution in [0.1, 0.15) is 0 Å². The van der Waals surface area contributed by atoms with E-state index in [1.807, 2.05) is 36.4 Å². The van der Waals surface area contributed by atoms with E-state index in [1.165, 1.54) is 0 Å². The molecule has 0 saturated carbocycles. The molecule has 2 aromatic carbocycles. The summed E-state index contributed by atoms with van der Waals surface area (Å²) in [6.07, 6.45) is 0. The topological polar surface area (TPSA) is 0 Å². The van der Waals surface area contributed by atoms with Crippen LogP contribution in [0, 0.1) is 0 Å². The number of thiol groups is 1. The van der Waals surface area contributed by atoms with Gasteiger partial charge in [0, 0.05) is 9.92 Å². The van der Waals surface area contributed by atoms with E-state index in [2.05, 4.69) is 12.6 Å². The Morgan fingerprint density at radius 3 is 2.75 bits per heavy atom. The molecule has 0 aromatic heterocycles. The zero-order valence-electron chi connectivity index (χ0n) is 6.29. The van der Waals surface area contributed by atoms with Crippen LogP contribution in [0.25, 0.3) is 10.8 Å². The van der Waals surface area contributed by atoms with Gasteiger partial charge in [-0.3, -0.25) is 0 Å². The maximum absolute atomic E-state index is 5.85. The number of rotatable bonds is 0. The Morgan fingerprint density at radius 1 is 1.08 bits per heavy atom. The van der Waals surface area contributed by atoms with Crippen LogP contribution >= 0.6 is 24.2 Å². The first kappa shape index (κ1) is 7.96. The summed E-state index contributed by atoms with van der Waals surface area (Å²) < 4.78 is 0. The maximum atomic E-state index is 5.85. The minimum atomic E-state index is 0.765. The molecule has 12 heavy (non-hydrogen) atoms. The van der Waals surface area contributed by atoms with Gasteiger partial charge in [0.2, 0.25) is 0 Å². The highest BCUT2D eigenvalue weighted by Gasteiger charge is 1.96. The molecule has 0 aliphatic heterocycles. The smallest absolute Gasteiger partial charge is 0.0412 e. The van der Waals surface area contributed by atoms with E-state index in [0.29, 0.717) is 0 Å². The quantitative estimate of drug-likeness (QED) is 0.607. The highest BCUT2D eigenvalue weighted by atomic mass is 35.5. The number of hydrogen-bond acceptors (Lipinski definition) is 1. The van der Waals surface area contributed by atoms with Crippen molar-refractivity contribution in [3.05, 3.63) is 41.4 Å². The van der Waals surface area contributed by atoms with E-state index in [1.54, 1.807) is 0 Å². The first-order valence-corrected chi connectivity index (χ1v) is 4.47. The fraction of sp³-hybridized carbons (Fsp3) is 0. The molecule has 0 amide bonds.